The number of anilines is 1. The van der Waals surface area contributed by atoms with Crippen LogP contribution in [0.25, 0.3) is 17.0 Å². The summed E-state index contributed by atoms with van der Waals surface area (Å²) in [6.07, 6.45) is 3.40. The van der Waals surface area contributed by atoms with Crippen LogP contribution in [0.2, 0.25) is 0 Å². The fraction of sp³-hybridized carbons (Fsp3) is 0.100. The molecule has 118 valence electrons. The van der Waals surface area contributed by atoms with E-state index in [-0.39, 0.29) is 5.57 Å². The van der Waals surface area contributed by atoms with Gasteiger partial charge in [-0.2, -0.15) is 5.26 Å². The second-order valence-corrected chi connectivity index (χ2v) is 5.71. The third kappa shape index (κ3) is 3.06. The molecule has 3 aromatic rings. The van der Waals surface area contributed by atoms with Crippen LogP contribution in [0.3, 0.4) is 0 Å². The van der Waals surface area contributed by atoms with Crippen molar-refractivity contribution in [3.63, 3.8) is 0 Å². The molecule has 0 unspecified atom stereocenters. The molecule has 0 aliphatic rings. The molecule has 4 heteroatoms. The number of nitrogens with one attached hydrogen (secondary N) is 2. The number of aromatic amines is 1. The summed E-state index contributed by atoms with van der Waals surface area (Å²) in [7, 11) is 0. The lowest BCUT2D eigenvalue weighted by Crippen LogP contribution is -2.13. The van der Waals surface area contributed by atoms with Gasteiger partial charge in [0.15, 0.2) is 0 Å². The average Bonchev–Trinajstić information content (AvgIpc) is 2.99. The number of fused-ring (bicyclic) bond motifs is 1. The fourth-order valence-electron chi connectivity index (χ4n) is 2.54. The Labute approximate surface area is 140 Å². The number of carbonyl (C=O) groups excluding carboxylic acids is 1. The molecule has 0 fully saturated rings. The van der Waals surface area contributed by atoms with E-state index >= 15 is 0 Å². The summed E-state index contributed by atoms with van der Waals surface area (Å²) in [6, 6.07) is 15.4. The summed E-state index contributed by atoms with van der Waals surface area (Å²) in [5.74, 6) is -0.411. The quantitative estimate of drug-likeness (QED) is 0.558. The molecule has 1 aromatic heterocycles. The Kier molecular flexibility index (Phi) is 4.17. The third-order valence-electron chi connectivity index (χ3n) is 4.05. The Hall–Kier alpha value is -3.32. The number of nitriles is 1. The van der Waals surface area contributed by atoms with E-state index in [2.05, 4.69) is 10.3 Å². The number of hydrogen-bond donors (Lipinski definition) is 2. The van der Waals surface area contributed by atoms with Gasteiger partial charge < -0.3 is 10.3 Å². The van der Waals surface area contributed by atoms with Crippen LogP contribution < -0.4 is 5.32 Å². The highest BCUT2D eigenvalue weighted by atomic mass is 16.1. The highest BCUT2D eigenvalue weighted by Gasteiger charge is 2.11. The van der Waals surface area contributed by atoms with Gasteiger partial charge in [-0.15, -0.1) is 0 Å². The molecule has 2 aromatic carbocycles. The van der Waals surface area contributed by atoms with Crippen LogP contribution in [0, 0.1) is 25.2 Å². The van der Waals surface area contributed by atoms with Crippen LogP contribution in [0.4, 0.5) is 5.69 Å². The number of hydrogen-bond acceptors (Lipinski definition) is 2. The first kappa shape index (κ1) is 15.6. The minimum atomic E-state index is -0.411. The van der Waals surface area contributed by atoms with Crippen LogP contribution in [0.15, 0.2) is 54.2 Å². The molecule has 0 radical (unpaired) electrons. The number of amides is 1. The molecule has 0 spiro atoms. The predicted molar refractivity (Wildman–Crippen MR) is 96.4 cm³/mol. The normalized spacial score (nSPS) is 11.3. The van der Waals surface area contributed by atoms with Gasteiger partial charge in [0.2, 0.25) is 0 Å². The summed E-state index contributed by atoms with van der Waals surface area (Å²) in [6.45, 7) is 4.00. The molecule has 0 atom stereocenters. The molecule has 1 heterocycles. The molecule has 1 amide bonds. The minimum Gasteiger partial charge on any atom is -0.361 e. The van der Waals surface area contributed by atoms with Gasteiger partial charge in [-0.25, -0.2) is 0 Å². The van der Waals surface area contributed by atoms with Crippen LogP contribution >= 0.6 is 0 Å². The predicted octanol–water partition coefficient (Wildman–Crippen LogP) is 4.33. The maximum Gasteiger partial charge on any atom is 0.266 e. The van der Waals surface area contributed by atoms with Crippen molar-refractivity contribution in [2.45, 2.75) is 13.8 Å². The number of carbonyl (C=O) groups is 1. The van der Waals surface area contributed by atoms with Gasteiger partial charge in [-0.1, -0.05) is 24.3 Å². The SMILES string of the molecule is Cc1ccc(NC(=O)/C(C#N)=C/c2c[nH]c3ccccc23)cc1C. The number of nitrogens with zero attached hydrogens (tertiary/aromatic N) is 1. The molecule has 0 bridgehead atoms. The molecule has 0 saturated heterocycles. The zero-order valence-corrected chi connectivity index (χ0v) is 13.6. The lowest BCUT2D eigenvalue weighted by molar-refractivity contribution is -0.112. The van der Waals surface area contributed by atoms with Gasteiger partial charge in [-0.3, -0.25) is 4.79 Å². The number of aromatic nitrogens is 1. The Morgan fingerprint density at radius 1 is 1.17 bits per heavy atom. The minimum absolute atomic E-state index is 0.0676. The molecule has 2 N–H and O–H groups in total. The van der Waals surface area contributed by atoms with Crippen molar-refractivity contribution in [2.24, 2.45) is 0 Å². The molecule has 3 rings (SSSR count). The Morgan fingerprint density at radius 2 is 1.96 bits per heavy atom. The van der Waals surface area contributed by atoms with Crippen molar-refractivity contribution < 1.29 is 4.79 Å². The van der Waals surface area contributed by atoms with E-state index in [4.69, 9.17) is 0 Å². The van der Waals surface area contributed by atoms with Gasteiger partial charge in [0.25, 0.3) is 5.91 Å². The Morgan fingerprint density at radius 3 is 2.71 bits per heavy atom. The summed E-state index contributed by atoms with van der Waals surface area (Å²) in [5, 5.41) is 13.1. The summed E-state index contributed by atoms with van der Waals surface area (Å²) >= 11 is 0. The average molecular weight is 315 g/mol. The third-order valence-corrected chi connectivity index (χ3v) is 4.05. The second-order valence-electron chi connectivity index (χ2n) is 5.71. The van der Waals surface area contributed by atoms with Gasteiger partial charge in [0, 0.05) is 28.4 Å². The smallest absolute Gasteiger partial charge is 0.266 e. The standard InChI is InChI=1S/C20H17N3O/c1-13-7-8-17(9-14(13)2)23-20(24)15(11-21)10-16-12-22-19-6-4-3-5-18(16)19/h3-10,12,22H,1-2H3,(H,23,24)/b15-10+. The lowest BCUT2D eigenvalue weighted by atomic mass is 10.1. The van der Waals surface area contributed by atoms with Crippen molar-refractivity contribution in [1.29, 1.82) is 5.26 Å². The van der Waals surface area contributed by atoms with E-state index in [0.717, 1.165) is 27.6 Å². The Bertz CT molecular complexity index is 990. The fourth-order valence-corrected chi connectivity index (χ4v) is 2.54. The number of benzene rings is 2. The molecule has 0 aliphatic carbocycles. The van der Waals surface area contributed by atoms with E-state index in [9.17, 15) is 10.1 Å². The zero-order valence-electron chi connectivity index (χ0n) is 13.6. The molecule has 0 saturated carbocycles. The van der Waals surface area contributed by atoms with Crippen molar-refractivity contribution in [3.05, 3.63) is 70.9 Å². The van der Waals surface area contributed by atoms with Crippen molar-refractivity contribution in [3.8, 4) is 6.07 Å². The van der Waals surface area contributed by atoms with Gasteiger partial charge in [0.1, 0.15) is 11.6 Å². The van der Waals surface area contributed by atoms with Crippen LogP contribution in [0.5, 0.6) is 0 Å². The van der Waals surface area contributed by atoms with E-state index in [1.807, 2.05) is 62.4 Å². The van der Waals surface area contributed by atoms with Crippen LogP contribution in [0.1, 0.15) is 16.7 Å². The molecular weight excluding hydrogens is 298 g/mol. The van der Waals surface area contributed by atoms with Gasteiger partial charge >= 0.3 is 0 Å². The second kappa shape index (κ2) is 6.43. The maximum atomic E-state index is 12.4. The van der Waals surface area contributed by atoms with E-state index in [1.54, 1.807) is 12.3 Å². The number of H-pyrrole nitrogens is 1. The first-order valence-electron chi connectivity index (χ1n) is 7.65. The Balaban J connectivity index is 1.89. The van der Waals surface area contributed by atoms with E-state index in [0.29, 0.717) is 5.69 Å². The molecule has 0 aliphatic heterocycles. The molecular formula is C20H17N3O. The largest absolute Gasteiger partial charge is 0.361 e. The monoisotopic (exact) mass is 315 g/mol. The topological polar surface area (TPSA) is 68.7 Å². The zero-order chi connectivity index (χ0) is 17.1. The van der Waals surface area contributed by atoms with Crippen molar-refractivity contribution >= 4 is 28.6 Å². The number of rotatable bonds is 3. The van der Waals surface area contributed by atoms with Crippen molar-refractivity contribution in [1.82, 2.24) is 4.98 Å². The highest BCUT2D eigenvalue weighted by Crippen LogP contribution is 2.21. The van der Waals surface area contributed by atoms with Gasteiger partial charge in [-0.05, 0) is 49.2 Å². The lowest BCUT2D eigenvalue weighted by Gasteiger charge is -2.07. The molecule has 24 heavy (non-hydrogen) atoms. The van der Waals surface area contributed by atoms with E-state index < -0.39 is 5.91 Å². The highest BCUT2D eigenvalue weighted by molar-refractivity contribution is 6.10. The van der Waals surface area contributed by atoms with Gasteiger partial charge in [0.05, 0.1) is 0 Å². The van der Waals surface area contributed by atoms with Crippen LogP contribution in [-0.4, -0.2) is 10.9 Å². The van der Waals surface area contributed by atoms with E-state index in [1.165, 1.54) is 0 Å². The molecule has 4 nitrogen and oxygen atoms in total. The first-order chi connectivity index (χ1) is 11.6. The first-order valence-corrected chi connectivity index (χ1v) is 7.65. The maximum absolute atomic E-state index is 12.4. The summed E-state index contributed by atoms with van der Waals surface area (Å²) in [5.41, 5.74) is 4.78. The van der Waals surface area contributed by atoms with Crippen LogP contribution in [-0.2, 0) is 4.79 Å². The number of aryl methyl sites for hydroxylation is 2. The number of para-hydroxylation sites is 1. The summed E-state index contributed by atoms with van der Waals surface area (Å²) in [4.78, 5) is 15.5. The summed E-state index contributed by atoms with van der Waals surface area (Å²) < 4.78 is 0. The van der Waals surface area contributed by atoms with Crippen molar-refractivity contribution in [2.75, 3.05) is 5.32 Å².